The van der Waals surface area contributed by atoms with Gasteiger partial charge in [-0.25, -0.2) is 4.98 Å². The normalized spacial score (nSPS) is 19.9. The van der Waals surface area contributed by atoms with Crippen molar-refractivity contribution in [1.82, 2.24) is 20.1 Å². The Bertz CT molecular complexity index is 674. The average molecular weight is 288 g/mol. The minimum absolute atomic E-state index is 0.00527. The lowest BCUT2D eigenvalue weighted by atomic mass is 10.1. The largest absolute Gasteiger partial charge is 0.376 e. The Kier molecular flexibility index (Phi) is 3.63. The predicted octanol–water partition coefficient (Wildman–Crippen LogP) is 1.57. The van der Waals surface area contributed by atoms with Gasteiger partial charge in [0.1, 0.15) is 0 Å². The number of hydrogen-bond acceptors (Lipinski definition) is 4. The molecule has 6 nitrogen and oxygen atoms in total. The first-order valence-electron chi connectivity index (χ1n) is 7.28. The molecule has 3 heterocycles. The van der Waals surface area contributed by atoms with Gasteiger partial charge in [0.2, 0.25) is 0 Å². The summed E-state index contributed by atoms with van der Waals surface area (Å²) in [5.74, 6) is -0.115. The maximum Gasteiger partial charge on any atom is 0.253 e. The van der Waals surface area contributed by atoms with Gasteiger partial charge in [0.15, 0.2) is 5.65 Å². The molecule has 2 aromatic heterocycles. The lowest BCUT2D eigenvalue weighted by molar-refractivity contribution is 0.0712. The standard InChI is InChI=1S/C15H20N4O2/c1-9-12-7-11(8-16-14(12)19(3)18-9)15(20)17-10(2)13-5-4-6-21-13/h7-8,10,13H,4-6H2,1-3H3,(H,17,20). The van der Waals surface area contributed by atoms with Crippen molar-refractivity contribution >= 4 is 16.9 Å². The maximum absolute atomic E-state index is 12.3. The van der Waals surface area contributed by atoms with Gasteiger partial charge >= 0.3 is 0 Å². The monoisotopic (exact) mass is 288 g/mol. The molecule has 1 aliphatic rings. The fourth-order valence-corrected chi connectivity index (χ4v) is 2.81. The van der Waals surface area contributed by atoms with E-state index in [1.54, 1.807) is 10.9 Å². The van der Waals surface area contributed by atoms with Crippen LogP contribution in [0.2, 0.25) is 0 Å². The summed E-state index contributed by atoms with van der Waals surface area (Å²) < 4.78 is 7.32. The number of nitrogens with zero attached hydrogens (tertiary/aromatic N) is 3. The van der Waals surface area contributed by atoms with Crippen molar-refractivity contribution in [2.75, 3.05) is 6.61 Å². The highest BCUT2D eigenvalue weighted by molar-refractivity contribution is 5.97. The van der Waals surface area contributed by atoms with Gasteiger partial charge in [-0.2, -0.15) is 5.10 Å². The van der Waals surface area contributed by atoms with E-state index in [1.165, 1.54) is 0 Å². The van der Waals surface area contributed by atoms with Crippen LogP contribution in [-0.2, 0) is 11.8 Å². The van der Waals surface area contributed by atoms with E-state index < -0.39 is 0 Å². The van der Waals surface area contributed by atoms with Crippen LogP contribution in [0.15, 0.2) is 12.3 Å². The summed E-state index contributed by atoms with van der Waals surface area (Å²) in [4.78, 5) is 16.7. The molecule has 0 spiro atoms. The van der Waals surface area contributed by atoms with E-state index in [4.69, 9.17) is 4.74 Å². The highest BCUT2D eigenvalue weighted by atomic mass is 16.5. The molecule has 0 saturated carbocycles. The third-order valence-electron chi connectivity index (χ3n) is 4.01. The van der Waals surface area contributed by atoms with Crippen LogP contribution in [0.5, 0.6) is 0 Å². The molecule has 2 aromatic rings. The molecule has 21 heavy (non-hydrogen) atoms. The summed E-state index contributed by atoms with van der Waals surface area (Å²) in [6.07, 6.45) is 3.78. The quantitative estimate of drug-likeness (QED) is 0.931. The average Bonchev–Trinajstić information content (AvgIpc) is 3.08. The topological polar surface area (TPSA) is 69.0 Å². The minimum atomic E-state index is -0.115. The molecule has 112 valence electrons. The van der Waals surface area contributed by atoms with Crippen molar-refractivity contribution in [3.8, 4) is 0 Å². The Labute approximate surface area is 123 Å². The molecule has 0 aliphatic carbocycles. The van der Waals surface area contributed by atoms with Crippen molar-refractivity contribution in [2.45, 2.75) is 38.8 Å². The Balaban J connectivity index is 1.79. The van der Waals surface area contributed by atoms with Gasteiger partial charge in [-0.3, -0.25) is 9.48 Å². The summed E-state index contributed by atoms with van der Waals surface area (Å²) in [5, 5.41) is 8.23. The molecule has 6 heteroatoms. The molecule has 1 N–H and O–H groups in total. The van der Waals surface area contributed by atoms with E-state index in [0.717, 1.165) is 36.2 Å². The summed E-state index contributed by atoms with van der Waals surface area (Å²) in [6.45, 7) is 4.68. The number of fused-ring (bicyclic) bond motifs is 1. The second-order valence-corrected chi connectivity index (χ2v) is 5.62. The smallest absolute Gasteiger partial charge is 0.253 e. The first-order chi connectivity index (χ1) is 10.1. The van der Waals surface area contributed by atoms with Crippen molar-refractivity contribution in [3.63, 3.8) is 0 Å². The number of pyridine rings is 1. The van der Waals surface area contributed by atoms with Gasteiger partial charge in [0, 0.05) is 25.2 Å². The fraction of sp³-hybridized carbons (Fsp3) is 0.533. The Morgan fingerprint density at radius 1 is 1.57 bits per heavy atom. The van der Waals surface area contributed by atoms with Crippen LogP contribution in [0.4, 0.5) is 0 Å². The highest BCUT2D eigenvalue weighted by Crippen LogP contribution is 2.18. The number of amides is 1. The van der Waals surface area contributed by atoms with Gasteiger partial charge < -0.3 is 10.1 Å². The molecule has 1 amide bonds. The zero-order chi connectivity index (χ0) is 15.0. The van der Waals surface area contributed by atoms with Crippen molar-refractivity contribution in [1.29, 1.82) is 0 Å². The molecule has 1 aliphatic heterocycles. The molecule has 0 bridgehead atoms. The van der Waals surface area contributed by atoms with E-state index in [0.29, 0.717) is 5.56 Å². The molecule has 1 saturated heterocycles. The highest BCUT2D eigenvalue weighted by Gasteiger charge is 2.24. The molecule has 0 aromatic carbocycles. The number of rotatable bonds is 3. The predicted molar refractivity (Wildman–Crippen MR) is 79.1 cm³/mol. The van der Waals surface area contributed by atoms with Gasteiger partial charge in [-0.15, -0.1) is 0 Å². The zero-order valence-electron chi connectivity index (χ0n) is 12.6. The number of aryl methyl sites for hydroxylation is 2. The van der Waals surface area contributed by atoms with Crippen LogP contribution < -0.4 is 5.32 Å². The lowest BCUT2D eigenvalue weighted by Gasteiger charge is -2.19. The van der Waals surface area contributed by atoms with Gasteiger partial charge in [-0.05, 0) is 32.8 Å². The Morgan fingerprint density at radius 2 is 2.38 bits per heavy atom. The number of ether oxygens (including phenoxy) is 1. The minimum Gasteiger partial charge on any atom is -0.376 e. The van der Waals surface area contributed by atoms with Crippen molar-refractivity contribution in [2.24, 2.45) is 7.05 Å². The van der Waals surface area contributed by atoms with Crippen LogP contribution in [0.25, 0.3) is 11.0 Å². The van der Waals surface area contributed by atoms with Crippen LogP contribution in [0, 0.1) is 6.92 Å². The third-order valence-corrected chi connectivity index (χ3v) is 4.01. The fourth-order valence-electron chi connectivity index (χ4n) is 2.81. The second-order valence-electron chi connectivity index (χ2n) is 5.62. The number of nitrogens with one attached hydrogen (secondary N) is 1. The van der Waals surface area contributed by atoms with Gasteiger partial charge in [0.25, 0.3) is 5.91 Å². The molecule has 2 atom stereocenters. The van der Waals surface area contributed by atoms with E-state index in [2.05, 4.69) is 15.4 Å². The number of carbonyl (C=O) groups excluding carboxylic acids is 1. The van der Waals surface area contributed by atoms with Crippen LogP contribution >= 0.6 is 0 Å². The summed E-state index contributed by atoms with van der Waals surface area (Å²) in [5.41, 5.74) is 2.22. The lowest BCUT2D eigenvalue weighted by Crippen LogP contribution is -2.40. The van der Waals surface area contributed by atoms with E-state index in [9.17, 15) is 4.79 Å². The van der Waals surface area contributed by atoms with Crippen molar-refractivity contribution in [3.05, 3.63) is 23.5 Å². The SMILES string of the molecule is Cc1nn(C)c2ncc(C(=O)NC(C)C3CCCO3)cc12. The molecular weight excluding hydrogens is 268 g/mol. The molecule has 1 fully saturated rings. The molecule has 2 unspecified atom stereocenters. The molecule has 0 radical (unpaired) electrons. The maximum atomic E-state index is 12.3. The summed E-state index contributed by atoms with van der Waals surface area (Å²) in [6, 6.07) is 1.85. The molecule has 3 rings (SSSR count). The van der Waals surface area contributed by atoms with Gasteiger partial charge in [-0.1, -0.05) is 0 Å². The van der Waals surface area contributed by atoms with Crippen LogP contribution in [0.3, 0.4) is 0 Å². The summed E-state index contributed by atoms with van der Waals surface area (Å²) >= 11 is 0. The Morgan fingerprint density at radius 3 is 3.10 bits per heavy atom. The second kappa shape index (κ2) is 5.44. The number of aromatic nitrogens is 3. The first kappa shape index (κ1) is 14.0. The third kappa shape index (κ3) is 2.63. The van der Waals surface area contributed by atoms with Crippen LogP contribution in [-0.4, -0.2) is 39.4 Å². The van der Waals surface area contributed by atoms with E-state index in [-0.39, 0.29) is 18.1 Å². The summed E-state index contributed by atoms with van der Waals surface area (Å²) in [7, 11) is 1.85. The molecular formula is C15H20N4O2. The number of carbonyl (C=O) groups is 1. The van der Waals surface area contributed by atoms with E-state index in [1.807, 2.05) is 27.0 Å². The Hall–Kier alpha value is -1.95. The first-order valence-corrected chi connectivity index (χ1v) is 7.28. The van der Waals surface area contributed by atoms with Gasteiger partial charge in [0.05, 0.1) is 23.4 Å². The zero-order valence-corrected chi connectivity index (χ0v) is 12.6. The van der Waals surface area contributed by atoms with Crippen molar-refractivity contribution < 1.29 is 9.53 Å². The number of hydrogen-bond donors (Lipinski definition) is 1. The van der Waals surface area contributed by atoms with E-state index >= 15 is 0 Å². The van der Waals surface area contributed by atoms with Crippen LogP contribution in [0.1, 0.15) is 35.8 Å².